The average molecular weight is 267 g/mol. The maximum absolute atomic E-state index is 12.6. The van der Waals surface area contributed by atoms with Crippen LogP contribution in [0.5, 0.6) is 0 Å². The monoisotopic (exact) mass is 267 g/mol. The van der Waals surface area contributed by atoms with E-state index in [2.05, 4.69) is 6.92 Å². The van der Waals surface area contributed by atoms with Crippen molar-refractivity contribution >= 4 is 10.0 Å². The molecule has 1 saturated heterocycles. The van der Waals surface area contributed by atoms with E-state index in [4.69, 9.17) is 0 Å². The SMILES string of the molecule is CC[C@@H]1CCCCN1S(=O)(=O)c1ccc(C)cc1. The quantitative estimate of drug-likeness (QED) is 0.844. The van der Waals surface area contributed by atoms with Crippen LogP contribution in [0.25, 0.3) is 0 Å². The average Bonchev–Trinajstić information content (AvgIpc) is 2.39. The minimum atomic E-state index is -3.31. The van der Waals surface area contributed by atoms with Crippen molar-refractivity contribution in [1.82, 2.24) is 4.31 Å². The number of sulfonamides is 1. The van der Waals surface area contributed by atoms with Crippen LogP contribution in [0, 0.1) is 6.92 Å². The van der Waals surface area contributed by atoms with Gasteiger partial charge in [-0.25, -0.2) is 8.42 Å². The molecule has 100 valence electrons. The lowest BCUT2D eigenvalue weighted by Crippen LogP contribution is -2.43. The van der Waals surface area contributed by atoms with Gasteiger partial charge in [-0.1, -0.05) is 31.0 Å². The molecule has 1 aromatic carbocycles. The Morgan fingerprint density at radius 2 is 1.89 bits per heavy atom. The number of piperidine rings is 1. The maximum Gasteiger partial charge on any atom is 0.243 e. The summed E-state index contributed by atoms with van der Waals surface area (Å²) in [5.41, 5.74) is 1.08. The molecule has 0 spiro atoms. The molecule has 1 atom stereocenters. The number of hydrogen-bond acceptors (Lipinski definition) is 2. The Morgan fingerprint density at radius 3 is 2.50 bits per heavy atom. The number of benzene rings is 1. The van der Waals surface area contributed by atoms with E-state index < -0.39 is 10.0 Å². The molecule has 0 radical (unpaired) electrons. The highest BCUT2D eigenvalue weighted by atomic mass is 32.2. The minimum Gasteiger partial charge on any atom is -0.207 e. The minimum absolute atomic E-state index is 0.171. The first kappa shape index (κ1) is 13.6. The lowest BCUT2D eigenvalue weighted by molar-refractivity contribution is 0.246. The Hall–Kier alpha value is -0.870. The Bertz CT molecular complexity index is 493. The summed E-state index contributed by atoms with van der Waals surface area (Å²) in [6.07, 6.45) is 3.99. The van der Waals surface area contributed by atoms with Crippen molar-refractivity contribution < 1.29 is 8.42 Å². The van der Waals surface area contributed by atoms with E-state index in [0.29, 0.717) is 11.4 Å². The lowest BCUT2D eigenvalue weighted by Gasteiger charge is -2.34. The van der Waals surface area contributed by atoms with Crippen LogP contribution in [-0.4, -0.2) is 25.3 Å². The third-order valence-corrected chi connectivity index (χ3v) is 5.64. The Kier molecular flexibility index (Phi) is 4.07. The largest absolute Gasteiger partial charge is 0.243 e. The molecule has 0 saturated carbocycles. The Labute approximate surface area is 110 Å². The zero-order chi connectivity index (χ0) is 13.2. The number of rotatable bonds is 3. The standard InChI is InChI=1S/C14H21NO2S/c1-3-13-6-4-5-11-15(13)18(16,17)14-9-7-12(2)8-10-14/h7-10,13H,3-6,11H2,1-2H3/t13-/m1/s1. The van der Waals surface area contributed by atoms with Gasteiger partial charge in [-0.05, 0) is 38.3 Å². The molecule has 2 rings (SSSR count). The van der Waals surface area contributed by atoms with E-state index in [0.717, 1.165) is 31.2 Å². The molecular formula is C14H21NO2S. The molecule has 0 aliphatic carbocycles. The predicted molar refractivity (Wildman–Crippen MR) is 73.0 cm³/mol. The summed E-state index contributed by atoms with van der Waals surface area (Å²) in [4.78, 5) is 0.424. The number of hydrogen-bond donors (Lipinski definition) is 0. The second-order valence-corrected chi connectivity index (χ2v) is 6.88. The van der Waals surface area contributed by atoms with Crippen LogP contribution >= 0.6 is 0 Å². The van der Waals surface area contributed by atoms with Crippen LogP contribution < -0.4 is 0 Å². The van der Waals surface area contributed by atoms with Crippen LogP contribution in [-0.2, 0) is 10.0 Å². The third kappa shape index (κ3) is 2.59. The molecule has 1 aliphatic rings. The van der Waals surface area contributed by atoms with Crippen molar-refractivity contribution in [3.05, 3.63) is 29.8 Å². The molecule has 0 unspecified atom stereocenters. The highest BCUT2D eigenvalue weighted by molar-refractivity contribution is 7.89. The predicted octanol–water partition coefficient (Wildman–Crippen LogP) is 2.95. The van der Waals surface area contributed by atoms with Gasteiger partial charge in [0.25, 0.3) is 0 Å². The summed E-state index contributed by atoms with van der Waals surface area (Å²) < 4.78 is 26.9. The zero-order valence-corrected chi connectivity index (χ0v) is 11.9. The van der Waals surface area contributed by atoms with Crippen LogP contribution in [0.3, 0.4) is 0 Å². The molecular weight excluding hydrogens is 246 g/mol. The van der Waals surface area contributed by atoms with Gasteiger partial charge < -0.3 is 0 Å². The van der Waals surface area contributed by atoms with Crippen LogP contribution in [0.2, 0.25) is 0 Å². The fourth-order valence-electron chi connectivity index (χ4n) is 2.54. The highest BCUT2D eigenvalue weighted by Crippen LogP contribution is 2.26. The first-order chi connectivity index (χ1) is 8.55. The fraction of sp³-hybridized carbons (Fsp3) is 0.571. The van der Waals surface area contributed by atoms with Gasteiger partial charge in [0.05, 0.1) is 4.90 Å². The molecule has 0 N–H and O–H groups in total. The molecule has 3 nitrogen and oxygen atoms in total. The first-order valence-electron chi connectivity index (χ1n) is 6.64. The maximum atomic E-state index is 12.6. The van der Waals surface area contributed by atoms with Gasteiger partial charge in [0, 0.05) is 12.6 Å². The van der Waals surface area contributed by atoms with E-state index >= 15 is 0 Å². The first-order valence-corrected chi connectivity index (χ1v) is 8.08. The second kappa shape index (κ2) is 5.41. The van der Waals surface area contributed by atoms with Gasteiger partial charge in [0.1, 0.15) is 0 Å². The van der Waals surface area contributed by atoms with E-state index in [1.54, 1.807) is 16.4 Å². The molecule has 0 bridgehead atoms. The zero-order valence-electron chi connectivity index (χ0n) is 11.1. The molecule has 1 heterocycles. The molecule has 1 aliphatic heterocycles. The van der Waals surface area contributed by atoms with Crippen molar-refractivity contribution in [2.75, 3.05) is 6.54 Å². The van der Waals surface area contributed by atoms with Crippen LogP contribution in [0.4, 0.5) is 0 Å². The van der Waals surface area contributed by atoms with Gasteiger partial charge in [0.2, 0.25) is 10.0 Å². The topological polar surface area (TPSA) is 37.4 Å². The normalized spacial score (nSPS) is 22.0. The summed E-state index contributed by atoms with van der Waals surface area (Å²) >= 11 is 0. The summed E-state index contributed by atoms with van der Waals surface area (Å²) in [6.45, 7) is 4.69. The van der Waals surface area contributed by atoms with Crippen LogP contribution in [0.15, 0.2) is 29.2 Å². The van der Waals surface area contributed by atoms with E-state index in [1.807, 2.05) is 19.1 Å². The van der Waals surface area contributed by atoms with Crippen molar-refractivity contribution in [1.29, 1.82) is 0 Å². The van der Waals surface area contributed by atoms with Gasteiger partial charge in [-0.3, -0.25) is 0 Å². The smallest absolute Gasteiger partial charge is 0.207 e. The molecule has 18 heavy (non-hydrogen) atoms. The Balaban J connectivity index is 2.32. The van der Waals surface area contributed by atoms with Gasteiger partial charge in [0.15, 0.2) is 0 Å². The second-order valence-electron chi connectivity index (χ2n) is 4.99. The molecule has 4 heteroatoms. The molecule has 1 aromatic rings. The summed E-state index contributed by atoms with van der Waals surface area (Å²) in [6, 6.07) is 7.32. The van der Waals surface area contributed by atoms with E-state index in [-0.39, 0.29) is 6.04 Å². The van der Waals surface area contributed by atoms with Crippen molar-refractivity contribution in [2.24, 2.45) is 0 Å². The molecule has 1 fully saturated rings. The highest BCUT2D eigenvalue weighted by Gasteiger charge is 2.32. The number of nitrogens with zero attached hydrogens (tertiary/aromatic N) is 1. The fourth-order valence-corrected chi connectivity index (χ4v) is 4.31. The van der Waals surface area contributed by atoms with E-state index in [1.165, 1.54) is 0 Å². The summed E-state index contributed by atoms with van der Waals surface area (Å²) in [5.74, 6) is 0. The van der Waals surface area contributed by atoms with Gasteiger partial charge in [-0.2, -0.15) is 4.31 Å². The Morgan fingerprint density at radius 1 is 1.22 bits per heavy atom. The third-order valence-electron chi connectivity index (χ3n) is 3.67. The molecule has 0 aromatic heterocycles. The lowest BCUT2D eigenvalue weighted by atomic mass is 10.0. The van der Waals surface area contributed by atoms with E-state index in [9.17, 15) is 8.42 Å². The van der Waals surface area contributed by atoms with Gasteiger partial charge >= 0.3 is 0 Å². The van der Waals surface area contributed by atoms with Gasteiger partial charge in [-0.15, -0.1) is 0 Å². The molecule has 0 amide bonds. The summed E-state index contributed by atoms with van der Waals surface area (Å²) in [7, 11) is -3.31. The number of aryl methyl sites for hydroxylation is 1. The van der Waals surface area contributed by atoms with Crippen molar-refractivity contribution in [2.45, 2.75) is 50.5 Å². The van der Waals surface area contributed by atoms with Crippen molar-refractivity contribution in [3.8, 4) is 0 Å². The summed E-state index contributed by atoms with van der Waals surface area (Å²) in [5, 5.41) is 0. The van der Waals surface area contributed by atoms with Crippen LogP contribution in [0.1, 0.15) is 38.2 Å². The van der Waals surface area contributed by atoms with Crippen molar-refractivity contribution in [3.63, 3.8) is 0 Å².